The molecule has 0 saturated carbocycles. The normalized spacial score (nSPS) is 16.8. The monoisotopic (exact) mass is 457 g/mol. The van der Waals surface area contributed by atoms with Gasteiger partial charge in [-0.2, -0.15) is 0 Å². The van der Waals surface area contributed by atoms with Crippen LogP contribution in [0.2, 0.25) is 0 Å². The summed E-state index contributed by atoms with van der Waals surface area (Å²) >= 11 is 6.12. The molecule has 4 rings (SSSR count). The van der Waals surface area contributed by atoms with Gasteiger partial charge in [-0.25, -0.2) is 9.97 Å². The number of benzene rings is 1. The minimum absolute atomic E-state index is 0.111. The molecule has 0 spiro atoms. The molecular weight excluding hydrogens is 430 g/mol. The topological polar surface area (TPSA) is 71.0 Å². The smallest absolute Gasteiger partial charge is 0.262 e. The Kier molecular flexibility index (Phi) is 7.44. The molecule has 2 aliphatic rings. The van der Waals surface area contributed by atoms with E-state index in [9.17, 15) is 4.79 Å². The Labute approximate surface area is 193 Å². The second-order valence-electron chi connectivity index (χ2n) is 7.76. The molecule has 0 bridgehead atoms. The molecule has 170 valence electrons. The zero-order valence-electron chi connectivity index (χ0n) is 18.2. The number of carbonyl (C=O) groups is 1. The summed E-state index contributed by atoms with van der Waals surface area (Å²) in [4.78, 5) is 28.3. The van der Waals surface area contributed by atoms with Crippen LogP contribution in [0.1, 0.15) is 23.2 Å². The molecule has 0 N–H and O–H groups in total. The maximum atomic E-state index is 13.2. The molecule has 1 saturated heterocycles. The fraction of sp³-hybridized carbons (Fsp3) is 0.435. The number of anilines is 1. The van der Waals surface area contributed by atoms with Gasteiger partial charge in [0, 0.05) is 45.1 Å². The predicted molar refractivity (Wildman–Crippen MR) is 123 cm³/mol. The zero-order chi connectivity index (χ0) is 22.3. The van der Waals surface area contributed by atoms with Crippen molar-refractivity contribution in [2.75, 3.05) is 57.2 Å². The molecule has 0 unspecified atom stereocenters. The number of rotatable bonds is 8. The van der Waals surface area contributed by atoms with E-state index in [2.05, 4.69) is 19.8 Å². The van der Waals surface area contributed by atoms with Gasteiger partial charge in [-0.3, -0.25) is 9.69 Å². The van der Waals surface area contributed by atoms with Crippen molar-refractivity contribution in [3.8, 4) is 11.5 Å². The average Bonchev–Trinajstić information content (AvgIpc) is 2.98. The van der Waals surface area contributed by atoms with Crippen molar-refractivity contribution >= 4 is 23.5 Å². The lowest BCUT2D eigenvalue weighted by Gasteiger charge is -2.34. The van der Waals surface area contributed by atoms with Gasteiger partial charge in [-0.1, -0.05) is 0 Å². The van der Waals surface area contributed by atoms with Crippen LogP contribution in [0, 0.1) is 0 Å². The Morgan fingerprint density at radius 3 is 2.56 bits per heavy atom. The Morgan fingerprint density at radius 2 is 1.84 bits per heavy atom. The third kappa shape index (κ3) is 5.14. The van der Waals surface area contributed by atoms with Gasteiger partial charge in [0.15, 0.2) is 0 Å². The summed E-state index contributed by atoms with van der Waals surface area (Å²) in [5, 5.41) is 0. The van der Waals surface area contributed by atoms with E-state index in [1.807, 2.05) is 6.07 Å². The van der Waals surface area contributed by atoms with E-state index in [1.54, 1.807) is 48.9 Å². The number of halogens is 1. The van der Waals surface area contributed by atoms with Gasteiger partial charge in [0.1, 0.15) is 17.8 Å². The first-order valence-electron chi connectivity index (χ1n) is 10.9. The minimum Gasteiger partial charge on any atom is -0.497 e. The third-order valence-electron chi connectivity index (χ3n) is 5.78. The van der Waals surface area contributed by atoms with E-state index >= 15 is 0 Å². The Morgan fingerprint density at radius 1 is 1.09 bits per heavy atom. The summed E-state index contributed by atoms with van der Waals surface area (Å²) in [7, 11) is 1.58. The van der Waals surface area contributed by atoms with Crippen LogP contribution in [0.25, 0.3) is 0 Å². The second-order valence-corrected chi connectivity index (χ2v) is 8.03. The molecule has 0 aliphatic carbocycles. The van der Waals surface area contributed by atoms with Gasteiger partial charge in [0.2, 0.25) is 5.95 Å². The molecule has 1 aromatic carbocycles. The van der Waals surface area contributed by atoms with E-state index in [0.717, 1.165) is 51.5 Å². The molecule has 8 nitrogen and oxygen atoms in total. The fourth-order valence-corrected chi connectivity index (χ4v) is 4.16. The summed E-state index contributed by atoms with van der Waals surface area (Å²) in [6.45, 7) is 5.39. The van der Waals surface area contributed by atoms with E-state index in [0.29, 0.717) is 29.3 Å². The number of nitrogens with zero attached hydrogens (tertiary/aromatic N) is 5. The number of unbranched alkanes of at least 4 members (excludes halogenated alkanes) is 1. The summed E-state index contributed by atoms with van der Waals surface area (Å²) in [6, 6.07) is 7.07. The lowest BCUT2D eigenvalue weighted by atomic mass is 10.1. The second kappa shape index (κ2) is 10.7. The van der Waals surface area contributed by atoms with Crippen LogP contribution in [0.15, 0.2) is 48.6 Å². The number of aromatic nitrogens is 2. The van der Waals surface area contributed by atoms with E-state index in [4.69, 9.17) is 21.1 Å². The largest absolute Gasteiger partial charge is 0.497 e. The summed E-state index contributed by atoms with van der Waals surface area (Å²) in [6.07, 6.45) is 7.01. The molecule has 32 heavy (non-hydrogen) atoms. The van der Waals surface area contributed by atoms with Crippen molar-refractivity contribution in [2.24, 2.45) is 0 Å². The highest BCUT2D eigenvalue weighted by Crippen LogP contribution is 2.30. The summed E-state index contributed by atoms with van der Waals surface area (Å²) in [5.74, 6) is 2.03. The highest BCUT2D eigenvalue weighted by Gasteiger charge is 2.26. The molecule has 1 fully saturated rings. The highest BCUT2D eigenvalue weighted by atomic mass is 35.5. The van der Waals surface area contributed by atoms with Crippen LogP contribution in [-0.4, -0.2) is 77.9 Å². The van der Waals surface area contributed by atoms with Crippen molar-refractivity contribution in [3.63, 3.8) is 0 Å². The summed E-state index contributed by atoms with van der Waals surface area (Å²) in [5.41, 5.74) is 1.16. The van der Waals surface area contributed by atoms with E-state index in [1.165, 1.54) is 0 Å². The first kappa shape index (κ1) is 22.4. The van der Waals surface area contributed by atoms with Crippen molar-refractivity contribution in [2.45, 2.75) is 12.8 Å². The van der Waals surface area contributed by atoms with Gasteiger partial charge in [-0.15, -0.1) is 11.6 Å². The number of piperazine rings is 1. The lowest BCUT2D eigenvalue weighted by molar-refractivity contribution is 0.0804. The Balaban J connectivity index is 1.28. The average molecular weight is 458 g/mol. The number of amides is 1. The summed E-state index contributed by atoms with van der Waals surface area (Å²) < 4.78 is 11.0. The van der Waals surface area contributed by atoms with Crippen LogP contribution in [0.3, 0.4) is 0 Å². The SMILES string of the molecule is COc1ccc2c(c1)C(=O)N(CCCCN1CCN(c3ncccn3)CC1)C(CCl)=CO2. The Bertz CT molecular complexity index is 948. The first-order valence-corrected chi connectivity index (χ1v) is 11.4. The zero-order valence-corrected chi connectivity index (χ0v) is 19.0. The molecule has 9 heteroatoms. The van der Waals surface area contributed by atoms with Gasteiger partial charge >= 0.3 is 0 Å². The van der Waals surface area contributed by atoms with Gasteiger partial charge in [0.05, 0.1) is 24.3 Å². The first-order chi connectivity index (χ1) is 15.7. The lowest BCUT2D eigenvalue weighted by Crippen LogP contribution is -2.47. The maximum absolute atomic E-state index is 13.2. The fourth-order valence-electron chi connectivity index (χ4n) is 3.96. The molecule has 0 radical (unpaired) electrons. The predicted octanol–water partition coefficient (Wildman–Crippen LogP) is 3.00. The molecule has 0 atom stereocenters. The number of methoxy groups -OCH3 is 1. The van der Waals surface area contributed by atoms with Crippen LogP contribution < -0.4 is 14.4 Å². The highest BCUT2D eigenvalue weighted by molar-refractivity contribution is 6.19. The van der Waals surface area contributed by atoms with Gasteiger partial charge < -0.3 is 19.3 Å². The van der Waals surface area contributed by atoms with Crippen molar-refractivity contribution in [1.29, 1.82) is 0 Å². The number of ether oxygens (including phenoxy) is 2. The van der Waals surface area contributed by atoms with Crippen LogP contribution in [0.5, 0.6) is 11.5 Å². The van der Waals surface area contributed by atoms with Crippen molar-refractivity contribution < 1.29 is 14.3 Å². The third-order valence-corrected chi connectivity index (χ3v) is 6.05. The number of carbonyl (C=O) groups excluding carboxylic acids is 1. The maximum Gasteiger partial charge on any atom is 0.262 e. The molecule has 2 aliphatic heterocycles. The number of fused-ring (bicyclic) bond motifs is 1. The minimum atomic E-state index is -0.111. The van der Waals surface area contributed by atoms with Crippen LogP contribution in [-0.2, 0) is 0 Å². The van der Waals surface area contributed by atoms with Crippen LogP contribution >= 0.6 is 11.6 Å². The number of alkyl halides is 1. The van der Waals surface area contributed by atoms with Crippen molar-refractivity contribution in [3.05, 3.63) is 54.2 Å². The van der Waals surface area contributed by atoms with Crippen molar-refractivity contribution in [1.82, 2.24) is 19.8 Å². The Hall–Kier alpha value is -2.84. The number of allylic oxidation sites excluding steroid dienone is 1. The standard InChI is InChI=1S/C23H28ClN5O3/c1-31-19-5-6-21-20(15-19)22(30)29(18(16-24)17-32-21)10-3-2-9-27-11-13-28(14-12-27)23-25-7-4-8-26-23/h4-8,15,17H,2-3,9-14,16H2,1H3. The van der Waals surface area contributed by atoms with Gasteiger partial charge in [-0.05, 0) is 43.7 Å². The molecule has 3 heterocycles. The van der Waals surface area contributed by atoms with E-state index < -0.39 is 0 Å². The van der Waals surface area contributed by atoms with E-state index in [-0.39, 0.29) is 11.8 Å². The quantitative estimate of drug-likeness (QED) is 0.445. The number of hydrogen-bond donors (Lipinski definition) is 0. The molecule has 1 amide bonds. The van der Waals surface area contributed by atoms with Crippen LogP contribution in [0.4, 0.5) is 5.95 Å². The molecule has 2 aromatic rings. The molecular formula is C23H28ClN5O3. The molecule has 1 aromatic heterocycles. The van der Waals surface area contributed by atoms with Gasteiger partial charge in [0.25, 0.3) is 5.91 Å². The number of hydrogen-bond acceptors (Lipinski definition) is 7.